The van der Waals surface area contributed by atoms with E-state index in [1.54, 1.807) is 25.1 Å². The first-order valence-electron chi connectivity index (χ1n) is 13.0. The molecule has 0 fully saturated rings. The van der Waals surface area contributed by atoms with Crippen molar-refractivity contribution in [2.75, 3.05) is 17.4 Å². The SMILES string of the molecule is CCC(C(=O)NCC(C)C)N(Cc1ccc(C)cc1)C(=O)CN(c1ccccc1F)S(=O)(=O)c1ccccc1. The van der Waals surface area contributed by atoms with E-state index in [-0.39, 0.29) is 29.0 Å². The van der Waals surface area contributed by atoms with Gasteiger partial charge >= 0.3 is 0 Å². The molecule has 208 valence electrons. The summed E-state index contributed by atoms with van der Waals surface area (Å²) in [7, 11) is -4.31. The van der Waals surface area contributed by atoms with Crippen LogP contribution in [0.4, 0.5) is 10.1 Å². The van der Waals surface area contributed by atoms with E-state index in [4.69, 9.17) is 0 Å². The zero-order valence-electron chi connectivity index (χ0n) is 22.8. The van der Waals surface area contributed by atoms with Gasteiger partial charge in [0.2, 0.25) is 11.8 Å². The van der Waals surface area contributed by atoms with Gasteiger partial charge in [0.25, 0.3) is 10.0 Å². The minimum absolute atomic E-state index is 0.0761. The highest BCUT2D eigenvalue weighted by atomic mass is 32.2. The van der Waals surface area contributed by atoms with Crippen molar-refractivity contribution in [1.29, 1.82) is 0 Å². The van der Waals surface area contributed by atoms with Crippen LogP contribution in [0, 0.1) is 18.7 Å². The van der Waals surface area contributed by atoms with Crippen LogP contribution in [0.25, 0.3) is 0 Å². The third-order valence-electron chi connectivity index (χ3n) is 6.28. The summed E-state index contributed by atoms with van der Waals surface area (Å²) < 4.78 is 43.1. The number of carbonyl (C=O) groups excluding carboxylic acids is 2. The zero-order valence-corrected chi connectivity index (χ0v) is 23.6. The largest absolute Gasteiger partial charge is 0.354 e. The molecule has 2 amide bonds. The van der Waals surface area contributed by atoms with Gasteiger partial charge in [-0.15, -0.1) is 0 Å². The van der Waals surface area contributed by atoms with Crippen molar-refractivity contribution in [3.63, 3.8) is 0 Å². The Labute approximate surface area is 230 Å². The normalized spacial score (nSPS) is 12.2. The lowest BCUT2D eigenvalue weighted by atomic mass is 10.1. The minimum Gasteiger partial charge on any atom is -0.354 e. The number of hydrogen-bond donors (Lipinski definition) is 1. The maximum atomic E-state index is 15.0. The molecule has 0 spiro atoms. The highest BCUT2D eigenvalue weighted by Gasteiger charge is 2.34. The lowest BCUT2D eigenvalue weighted by Gasteiger charge is -2.33. The molecule has 1 N–H and O–H groups in total. The average Bonchev–Trinajstić information content (AvgIpc) is 2.92. The van der Waals surface area contributed by atoms with Gasteiger partial charge in [0.05, 0.1) is 10.6 Å². The van der Waals surface area contributed by atoms with Crippen LogP contribution in [0.3, 0.4) is 0 Å². The predicted molar refractivity (Wildman–Crippen MR) is 151 cm³/mol. The Morgan fingerprint density at radius 2 is 1.54 bits per heavy atom. The van der Waals surface area contributed by atoms with Crippen molar-refractivity contribution >= 4 is 27.5 Å². The first-order chi connectivity index (χ1) is 18.5. The van der Waals surface area contributed by atoms with Crippen LogP contribution in [0.1, 0.15) is 38.3 Å². The van der Waals surface area contributed by atoms with E-state index < -0.39 is 34.3 Å². The quantitative estimate of drug-likeness (QED) is 0.345. The minimum atomic E-state index is -4.31. The number of hydrogen-bond acceptors (Lipinski definition) is 4. The van der Waals surface area contributed by atoms with Gasteiger partial charge in [-0.05, 0) is 49.1 Å². The molecule has 3 aromatic carbocycles. The van der Waals surface area contributed by atoms with Crippen LogP contribution in [0.5, 0.6) is 0 Å². The molecule has 0 aliphatic carbocycles. The smallest absolute Gasteiger partial charge is 0.264 e. The molecular weight excluding hydrogens is 517 g/mol. The van der Waals surface area contributed by atoms with Gasteiger partial charge in [0.1, 0.15) is 18.4 Å². The highest BCUT2D eigenvalue weighted by Crippen LogP contribution is 2.27. The third kappa shape index (κ3) is 7.66. The highest BCUT2D eigenvalue weighted by molar-refractivity contribution is 7.92. The van der Waals surface area contributed by atoms with Crippen molar-refractivity contribution < 1.29 is 22.4 Å². The molecule has 1 unspecified atom stereocenters. The number of aryl methyl sites for hydroxylation is 1. The number of benzene rings is 3. The maximum absolute atomic E-state index is 15.0. The van der Waals surface area contributed by atoms with E-state index >= 15 is 0 Å². The van der Waals surface area contributed by atoms with Gasteiger partial charge in [-0.3, -0.25) is 13.9 Å². The van der Waals surface area contributed by atoms with Crippen LogP contribution in [-0.4, -0.2) is 44.3 Å². The standard InChI is InChI=1S/C30H36FN3O4S/c1-5-27(30(36)32-19-22(2)3)33(20-24-17-15-23(4)16-18-24)29(35)21-34(28-14-10-9-13-26(28)31)39(37,38)25-11-7-6-8-12-25/h6-18,22,27H,5,19-21H2,1-4H3,(H,32,36). The Bertz CT molecular complexity index is 1360. The number of para-hydroxylation sites is 1. The monoisotopic (exact) mass is 553 g/mol. The molecule has 0 aliphatic rings. The molecular formula is C30H36FN3O4S. The number of sulfonamides is 1. The topological polar surface area (TPSA) is 86.8 Å². The van der Waals surface area contributed by atoms with Crippen LogP contribution < -0.4 is 9.62 Å². The van der Waals surface area contributed by atoms with E-state index in [9.17, 15) is 22.4 Å². The number of halogens is 1. The molecule has 0 saturated carbocycles. The van der Waals surface area contributed by atoms with Crippen molar-refractivity contribution in [2.45, 2.75) is 51.6 Å². The van der Waals surface area contributed by atoms with Gasteiger partial charge in [-0.2, -0.15) is 0 Å². The fourth-order valence-corrected chi connectivity index (χ4v) is 5.56. The Kier molecular flexibility index (Phi) is 10.2. The van der Waals surface area contributed by atoms with Crippen LogP contribution in [0.15, 0.2) is 83.8 Å². The van der Waals surface area contributed by atoms with Crippen LogP contribution in [0.2, 0.25) is 0 Å². The second-order valence-corrected chi connectivity index (χ2v) is 11.7. The molecule has 0 aliphatic heterocycles. The lowest BCUT2D eigenvalue weighted by Crippen LogP contribution is -2.52. The molecule has 0 heterocycles. The van der Waals surface area contributed by atoms with Crippen molar-refractivity contribution in [3.8, 4) is 0 Å². The molecule has 0 radical (unpaired) electrons. The molecule has 0 saturated heterocycles. The summed E-state index contributed by atoms with van der Waals surface area (Å²) in [5.41, 5.74) is 1.58. The molecule has 0 bridgehead atoms. The van der Waals surface area contributed by atoms with Crippen molar-refractivity contribution in [2.24, 2.45) is 5.92 Å². The third-order valence-corrected chi connectivity index (χ3v) is 8.05. The van der Waals surface area contributed by atoms with E-state index in [2.05, 4.69) is 5.32 Å². The first kappa shape index (κ1) is 29.8. The Hall–Kier alpha value is -3.72. The Balaban J connectivity index is 2.04. The summed E-state index contributed by atoms with van der Waals surface area (Å²) in [5, 5.41) is 2.89. The molecule has 3 aromatic rings. The fourth-order valence-electron chi connectivity index (χ4n) is 4.12. The summed E-state index contributed by atoms with van der Waals surface area (Å²) >= 11 is 0. The molecule has 1 atom stereocenters. The summed E-state index contributed by atoms with van der Waals surface area (Å²) in [4.78, 5) is 28.5. The Morgan fingerprint density at radius 1 is 0.923 bits per heavy atom. The molecule has 3 rings (SSSR count). The van der Waals surface area contributed by atoms with E-state index in [1.807, 2.05) is 45.0 Å². The number of nitrogens with one attached hydrogen (secondary N) is 1. The van der Waals surface area contributed by atoms with Crippen molar-refractivity contribution in [3.05, 3.63) is 95.8 Å². The van der Waals surface area contributed by atoms with Gasteiger partial charge in [-0.25, -0.2) is 12.8 Å². The summed E-state index contributed by atoms with van der Waals surface area (Å²) in [6.07, 6.45) is 0.312. The van der Waals surface area contributed by atoms with Crippen molar-refractivity contribution in [1.82, 2.24) is 10.2 Å². The second kappa shape index (κ2) is 13.4. The molecule has 9 heteroatoms. The lowest BCUT2D eigenvalue weighted by molar-refractivity contribution is -0.140. The first-order valence-corrected chi connectivity index (χ1v) is 14.4. The zero-order chi connectivity index (χ0) is 28.6. The van der Waals surface area contributed by atoms with E-state index in [0.29, 0.717) is 13.0 Å². The molecule has 0 aromatic heterocycles. The number of amides is 2. The molecule has 39 heavy (non-hydrogen) atoms. The summed E-state index contributed by atoms with van der Waals surface area (Å²) in [6.45, 7) is 7.52. The molecule has 7 nitrogen and oxygen atoms in total. The van der Waals surface area contributed by atoms with Gasteiger partial charge < -0.3 is 10.2 Å². The second-order valence-electron chi connectivity index (χ2n) is 9.85. The van der Waals surface area contributed by atoms with E-state index in [1.165, 1.54) is 35.2 Å². The van der Waals surface area contributed by atoms with Gasteiger partial charge in [0.15, 0.2) is 0 Å². The fraction of sp³-hybridized carbons (Fsp3) is 0.333. The Morgan fingerprint density at radius 3 is 2.13 bits per heavy atom. The summed E-state index contributed by atoms with van der Waals surface area (Å²) in [6, 6.07) is 19.7. The number of nitrogens with zero attached hydrogens (tertiary/aromatic N) is 2. The van der Waals surface area contributed by atoms with Crippen LogP contribution in [-0.2, 0) is 26.2 Å². The van der Waals surface area contributed by atoms with Gasteiger partial charge in [-0.1, -0.05) is 80.9 Å². The number of carbonyl (C=O) groups is 2. The number of anilines is 1. The number of rotatable bonds is 12. The predicted octanol–water partition coefficient (Wildman–Crippen LogP) is 4.91. The van der Waals surface area contributed by atoms with Crippen LogP contribution >= 0.6 is 0 Å². The van der Waals surface area contributed by atoms with Gasteiger partial charge in [0, 0.05) is 13.1 Å². The maximum Gasteiger partial charge on any atom is 0.264 e. The average molecular weight is 554 g/mol. The summed E-state index contributed by atoms with van der Waals surface area (Å²) in [5.74, 6) is -1.52. The van der Waals surface area contributed by atoms with E-state index in [0.717, 1.165) is 21.5 Å².